The Morgan fingerprint density at radius 2 is 1.94 bits per heavy atom. The average molecular weight is 250 g/mol. The smallest absolute Gasteiger partial charge is 0.251 e. The molecule has 2 nitrogen and oxygen atoms in total. The van der Waals surface area contributed by atoms with Crippen LogP contribution in [0.3, 0.4) is 0 Å². The van der Waals surface area contributed by atoms with Crippen LogP contribution in [0.4, 0.5) is 8.78 Å². The van der Waals surface area contributed by atoms with E-state index in [1.54, 1.807) is 24.3 Å². The molecule has 0 amide bonds. The standard InChI is InChI=1S/C11H14ClF2NO/c1-15(7-11(13)14)6-10(16)8-4-2-3-5-9(8)12/h2-5,10-11,16H,6-7H2,1H3/t10-/m0/s1. The van der Waals surface area contributed by atoms with Gasteiger partial charge in [-0.2, -0.15) is 0 Å². The van der Waals surface area contributed by atoms with Crippen molar-refractivity contribution >= 4 is 11.6 Å². The molecule has 1 N–H and O–H groups in total. The zero-order valence-electron chi connectivity index (χ0n) is 8.91. The first-order chi connectivity index (χ1) is 7.50. The topological polar surface area (TPSA) is 23.5 Å². The summed E-state index contributed by atoms with van der Waals surface area (Å²) in [6.45, 7) is -0.227. The van der Waals surface area contributed by atoms with Crippen LogP contribution in [-0.4, -0.2) is 36.6 Å². The molecule has 16 heavy (non-hydrogen) atoms. The first-order valence-corrected chi connectivity index (χ1v) is 5.27. The third kappa shape index (κ3) is 4.04. The van der Waals surface area contributed by atoms with E-state index in [2.05, 4.69) is 0 Å². The van der Waals surface area contributed by atoms with Crippen LogP contribution in [0.25, 0.3) is 0 Å². The predicted octanol–water partition coefficient (Wildman–Crippen LogP) is 2.57. The number of rotatable bonds is 5. The third-order valence-electron chi connectivity index (χ3n) is 2.20. The molecule has 1 aromatic carbocycles. The van der Waals surface area contributed by atoms with Gasteiger partial charge in [0.2, 0.25) is 0 Å². The molecule has 0 saturated carbocycles. The lowest BCUT2D eigenvalue weighted by atomic mass is 10.1. The predicted molar refractivity (Wildman–Crippen MR) is 59.9 cm³/mol. The minimum absolute atomic E-state index is 0.133. The highest BCUT2D eigenvalue weighted by atomic mass is 35.5. The van der Waals surface area contributed by atoms with E-state index in [1.165, 1.54) is 11.9 Å². The summed E-state index contributed by atoms with van der Waals surface area (Å²) in [5, 5.41) is 10.3. The summed E-state index contributed by atoms with van der Waals surface area (Å²) in [5.74, 6) is 0. The summed E-state index contributed by atoms with van der Waals surface area (Å²) in [6, 6.07) is 6.84. The molecule has 0 aromatic heterocycles. The third-order valence-corrected chi connectivity index (χ3v) is 2.54. The number of likely N-dealkylation sites (N-methyl/N-ethyl adjacent to an activating group) is 1. The molecule has 0 heterocycles. The highest BCUT2D eigenvalue weighted by Crippen LogP contribution is 2.22. The SMILES string of the molecule is CN(CC(F)F)C[C@H](O)c1ccccc1Cl. The van der Waals surface area contributed by atoms with Gasteiger partial charge in [0.15, 0.2) is 0 Å². The Labute approximate surface area is 98.4 Å². The molecule has 0 aliphatic rings. The Kier molecular flexibility index (Phi) is 5.12. The Balaban J connectivity index is 2.58. The number of aliphatic hydroxyl groups is 1. The molecule has 0 fully saturated rings. The van der Waals surface area contributed by atoms with Crippen molar-refractivity contribution in [2.75, 3.05) is 20.1 Å². The van der Waals surface area contributed by atoms with E-state index < -0.39 is 12.5 Å². The molecule has 0 bridgehead atoms. The first kappa shape index (κ1) is 13.4. The molecule has 1 aromatic rings. The first-order valence-electron chi connectivity index (χ1n) is 4.90. The fraction of sp³-hybridized carbons (Fsp3) is 0.455. The van der Waals surface area contributed by atoms with Crippen LogP contribution in [0.1, 0.15) is 11.7 Å². The molecule has 0 unspecified atom stereocenters. The van der Waals surface area contributed by atoms with Gasteiger partial charge in [0, 0.05) is 17.1 Å². The normalized spacial score (nSPS) is 13.4. The molecular formula is C11H14ClF2NO. The van der Waals surface area contributed by atoms with Gasteiger partial charge in [-0.25, -0.2) is 8.78 Å². The van der Waals surface area contributed by atoms with Crippen LogP contribution in [0.15, 0.2) is 24.3 Å². The zero-order chi connectivity index (χ0) is 12.1. The van der Waals surface area contributed by atoms with Crippen LogP contribution >= 0.6 is 11.6 Å². The van der Waals surface area contributed by atoms with E-state index in [-0.39, 0.29) is 13.1 Å². The lowest BCUT2D eigenvalue weighted by Gasteiger charge is -2.20. The second-order valence-corrected chi connectivity index (χ2v) is 4.06. The monoisotopic (exact) mass is 249 g/mol. The van der Waals surface area contributed by atoms with Crippen molar-refractivity contribution in [3.05, 3.63) is 34.9 Å². The summed E-state index contributed by atoms with van der Waals surface area (Å²) < 4.78 is 24.1. The minimum Gasteiger partial charge on any atom is -0.387 e. The van der Waals surface area contributed by atoms with E-state index in [0.29, 0.717) is 10.6 Å². The molecule has 1 atom stereocenters. The minimum atomic E-state index is -2.40. The largest absolute Gasteiger partial charge is 0.387 e. The van der Waals surface area contributed by atoms with Crippen molar-refractivity contribution in [3.8, 4) is 0 Å². The Morgan fingerprint density at radius 3 is 2.50 bits per heavy atom. The van der Waals surface area contributed by atoms with Gasteiger partial charge < -0.3 is 5.11 Å². The molecule has 0 saturated heterocycles. The van der Waals surface area contributed by atoms with Crippen LogP contribution in [-0.2, 0) is 0 Å². The van der Waals surface area contributed by atoms with E-state index in [4.69, 9.17) is 11.6 Å². The van der Waals surface area contributed by atoms with E-state index in [0.717, 1.165) is 0 Å². The molecule has 1 rings (SSSR count). The number of alkyl halides is 2. The fourth-order valence-electron chi connectivity index (χ4n) is 1.45. The van der Waals surface area contributed by atoms with Gasteiger partial charge in [0.05, 0.1) is 12.6 Å². The van der Waals surface area contributed by atoms with Crippen LogP contribution in [0.5, 0.6) is 0 Å². The van der Waals surface area contributed by atoms with Crippen LogP contribution < -0.4 is 0 Å². The summed E-state index contributed by atoms with van der Waals surface area (Å²) in [6.07, 6.45) is -3.25. The average Bonchev–Trinajstić information content (AvgIpc) is 2.16. The number of halogens is 3. The Morgan fingerprint density at radius 1 is 1.31 bits per heavy atom. The second-order valence-electron chi connectivity index (χ2n) is 3.65. The van der Waals surface area contributed by atoms with Gasteiger partial charge in [0.25, 0.3) is 6.43 Å². The summed E-state index contributed by atoms with van der Waals surface area (Å²) in [4.78, 5) is 1.37. The second kappa shape index (κ2) is 6.13. The number of hydrogen-bond donors (Lipinski definition) is 1. The summed E-state index contributed by atoms with van der Waals surface area (Å²) in [7, 11) is 1.53. The van der Waals surface area contributed by atoms with Gasteiger partial charge in [-0.15, -0.1) is 0 Å². The van der Waals surface area contributed by atoms with Gasteiger partial charge >= 0.3 is 0 Å². The maximum absolute atomic E-state index is 12.1. The maximum Gasteiger partial charge on any atom is 0.251 e. The molecule has 90 valence electrons. The van der Waals surface area contributed by atoms with Crippen LogP contribution in [0.2, 0.25) is 5.02 Å². The van der Waals surface area contributed by atoms with Crippen molar-refractivity contribution in [1.29, 1.82) is 0 Å². The van der Waals surface area contributed by atoms with E-state index >= 15 is 0 Å². The number of benzene rings is 1. The molecule has 0 aliphatic carbocycles. The molecule has 5 heteroatoms. The Hall–Kier alpha value is -0.710. The maximum atomic E-state index is 12.1. The van der Waals surface area contributed by atoms with Gasteiger partial charge in [-0.3, -0.25) is 4.90 Å². The molecule has 0 aliphatic heterocycles. The molecular weight excluding hydrogens is 236 g/mol. The van der Waals surface area contributed by atoms with Crippen molar-refractivity contribution in [2.24, 2.45) is 0 Å². The molecule has 0 spiro atoms. The van der Waals surface area contributed by atoms with Crippen molar-refractivity contribution in [1.82, 2.24) is 4.90 Å². The number of aliphatic hydroxyl groups excluding tert-OH is 1. The van der Waals surface area contributed by atoms with E-state index in [1.807, 2.05) is 0 Å². The van der Waals surface area contributed by atoms with Gasteiger partial charge in [0.1, 0.15) is 0 Å². The summed E-state index contributed by atoms with van der Waals surface area (Å²) >= 11 is 5.88. The highest BCUT2D eigenvalue weighted by molar-refractivity contribution is 6.31. The van der Waals surface area contributed by atoms with Gasteiger partial charge in [-0.1, -0.05) is 29.8 Å². The summed E-state index contributed by atoms with van der Waals surface area (Å²) in [5.41, 5.74) is 0.560. The number of nitrogens with zero attached hydrogens (tertiary/aromatic N) is 1. The lowest BCUT2D eigenvalue weighted by Crippen LogP contribution is -2.29. The van der Waals surface area contributed by atoms with Gasteiger partial charge in [-0.05, 0) is 13.1 Å². The number of hydrogen-bond acceptors (Lipinski definition) is 2. The lowest BCUT2D eigenvalue weighted by molar-refractivity contribution is 0.0681. The highest BCUT2D eigenvalue weighted by Gasteiger charge is 2.15. The zero-order valence-corrected chi connectivity index (χ0v) is 9.66. The van der Waals surface area contributed by atoms with Crippen molar-refractivity contribution < 1.29 is 13.9 Å². The quantitative estimate of drug-likeness (QED) is 0.867. The fourth-order valence-corrected chi connectivity index (χ4v) is 1.71. The molecule has 0 radical (unpaired) electrons. The van der Waals surface area contributed by atoms with Crippen LogP contribution in [0, 0.1) is 0 Å². The van der Waals surface area contributed by atoms with Crippen molar-refractivity contribution in [3.63, 3.8) is 0 Å². The van der Waals surface area contributed by atoms with Crippen molar-refractivity contribution in [2.45, 2.75) is 12.5 Å². The Bertz CT molecular complexity index is 336. The van der Waals surface area contributed by atoms with E-state index in [9.17, 15) is 13.9 Å².